The van der Waals surface area contributed by atoms with E-state index >= 15 is 33.6 Å². The first-order chi connectivity index (χ1) is 47.1. The molecule has 27 heteroatoms. The van der Waals surface area contributed by atoms with E-state index in [1.807, 2.05) is 27.7 Å². The number of likely N-dealkylation sites (tertiary alicyclic amines) is 1. The first kappa shape index (κ1) is 83.9. The molecule has 2 aromatic carbocycles. The monoisotopic (exact) mass is 1430 g/mol. The number of benzene rings is 2. The van der Waals surface area contributed by atoms with Gasteiger partial charge in [-0.15, -0.1) is 0 Å². The zero-order valence-electron chi connectivity index (χ0n) is 63.1. The van der Waals surface area contributed by atoms with E-state index in [2.05, 4.69) is 21.3 Å². The minimum atomic E-state index is -2.14. The molecule has 3 aliphatic heterocycles. The quantitative estimate of drug-likeness (QED) is 0.178. The van der Waals surface area contributed by atoms with E-state index in [1.54, 1.807) is 108 Å². The molecule has 5 N–H and O–H groups in total. The maximum atomic E-state index is 15.6. The van der Waals surface area contributed by atoms with Crippen molar-refractivity contribution in [2.75, 3.05) is 75.1 Å². The molecular weight excluding hydrogens is 1320 g/mol. The van der Waals surface area contributed by atoms with Crippen molar-refractivity contribution in [2.45, 2.75) is 226 Å². The van der Waals surface area contributed by atoms with E-state index in [0.29, 0.717) is 48.5 Å². The standard InChI is InChI=1S/C74H115ClN12O14/c1-44(2)36-55-63(91)77-53(43-101-73(10,11)12)67(95)84(18)58(39-49-28-22-20-23-29-49)70(98)82(16)56(37-45(3)4)64(92)76-52(68(96)86-33-24-21-25-34-86)41-59(89)87-35-27-32-54(87)69(97)83(17)57(40-50-30-26-31-51(75)38-50)65(93)78-61(46(5)6)71(99)85(19)62(47(7)8)66(94)79-74(13,48(9)88)72(100)80(14)42-60(90)81(55)15/h20,22-23,26,28-31,38,44-48,52-58,61-62,88H,21,24-25,27,32-37,39-43H2,1-19H3,(H,76,92)(H,77,91)(H,78,93)(H,79,94)/t48-,52+,53+,54-,55+,56+,57+,58+,61+,62+,74+/m1/s1. The van der Waals surface area contributed by atoms with Crippen molar-refractivity contribution >= 4 is 82.5 Å². The Morgan fingerprint density at radius 3 is 1.69 bits per heavy atom. The summed E-state index contributed by atoms with van der Waals surface area (Å²) < 4.78 is 6.21. The molecule has 0 radical (unpaired) electrons. The number of carbonyl (C=O) groups is 12. The highest BCUT2D eigenvalue weighted by Gasteiger charge is 2.48. The van der Waals surface area contributed by atoms with Gasteiger partial charge in [-0.3, -0.25) is 57.5 Å². The van der Waals surface area contributed by atoms with Gasteiger partial charge in [0.1, 0.15) is 59.9 Å². The lowest BCUT2D eigenvalue weighted by atomic mass is 9.91. The predicted octanol–water partition coefficient (Wildman–Crippen LogP) is 4.06. The number of likely N-dealkylation sites (N-methyl/N-ethyl adjacent to an activating group) is 6. The molecule has 11 atom stereocenters. The van der Waals surface area contributed by atoms with Gasteiger partial charge in [0, 0.05) is 79.8 Å². The number of ether oxygens (including phenoxy) is 1. The molecule has 12 amide bonds. The SMILES string of the molecule is CC(C)C[C@H]1C(=O)N[C@@H](COC(C)(C)C)C(=O)N(C)[C@@H](Cc2ccccc2)C(=O)N(C)[C@@H](CC(C)C)C(=O)N[C@H](C(=O)N2CCCCC2)CC(=O)N2CCC[C@@H]2C(=O)N(C)[C@@H](Cc2cccc(Cl)c2)C(=O)N[C@@H](C(C)C)C(=O)N(C)[C@@H](C(C)C)C(=O)N[C@@](C)([C@@H](C)O)C(=O)N(C)CC(=O)N1C. The van der Waals surface area contributed by atoms with Crippen molar-refractivity contribution in [2.24, 2.45) is 23.7 Å². The first-order valence-corrected chi connectivity index (χ1v) is 36.0. The fourth-order valence-electron chi connectivity index (χ4n) is 13.3. The third-order valence-electron chi connectivity index (χ3n) is 19.6. The van der Waals surface area contributed by atoms with Crippen LogP contribution in [0.25, 0.3) is 0 Å². The lowest BCUT2D eigenvalue weighted by Gasteiger charge is -2.40. The zero-order chi connectivity index (χ0) is 75.9. The second-order valence-corrected chi connectivity index (χ2v) is 30.9. The number of aliphatic hydroxyl groups excluding tert-OH is 1. The molecule has 0 bridgehead atoms. The number of fused-ring (bicyclic) bond motifs is 1. The summed E-state index contributed by atoms with van der Waals surface area (Å²) in [6.45, 7) is 21.6. The maximum absolute atomic E-state index is 15.6. The predicted molar refractivity (Wildman–Crippen MR) is 384 cm³/mol. The van der Waals surface area contributed by atoms with Gasteiger partial charge in [0.25, 0.3) is 5.91 Å². The number of amides is 12. The van der Waals surface area contributed by atoms with Crippen LogP contribution in [0, 0.1) is 23.7 Å². The highest BCUT2D eigenvalue weighted by molar-refractivity contribution is 6.30. The van der Waals surface area contributed by atoms with E-state index in [1.165, 1.54) is 75.7 Å². The Bertz CT molecular complexity index is 3250. The summed E-state index contributed by atoms with van der Waals surface area (Å²) in [5.41, 5.74) is -1.82. The van der Waals surface area contributed by atoms with Crippen LogP contribution in [0.5, 0.6) is 0 Å². The molecule has 3 saturated heterocycles. The number of nitrogens with zero attached hydrogens (tertiary/aromatic N) is 8. The molecule has 0 aliphatic carbocycles. The topological polar surface area (TPSA) is 308 Å². The number of aliphatic hydroxyl groups is 1. The summed E-state index contributed by atoms with van der Waals surface area (Å²) >= 11 is 6.49. The normalized spacial score (nSPS) is 26.4. The number of hydrogen-bond acceptors (Lipinski definition) is 14. The Morgan fingerprint density at radius 1 is 0.594 bits per heavy atom. The number of hydrogen-bond donors (Lipinski definition) is 5. The minimum absolute atomic E-state index is 0.0601. The molecule has 0 saturated carbocycles. The molecule has 0 spiro atoms. The molecule has 0 aromatic heterocycles. The average molecular weight is 1430 g/mol. The van der Waals surface area contributed by atoms with Crippen LogP contribution in [-0.2, 0) is 75.1 Å². The Labute approximate surface area is 603 Å². The van der Waals surface area contributed by atoms with Gasteiger partial charge < -0.3 is 70.3 Å². The van der Waals surface area contributed by atoms with E-state index < -0.39 is 174 Å². The van der Waals surface area contributed by atoms with Crippen LogP contribution in [0.4, 0.5) is 0 Å². The first-order valence-electron chi connectivity index (χ1n) is 35.6. The number of rotatable bonds is 14. The zero-order valence-corrected chi connectivity index (χ0v) is 63.9. The van der Waals surface area contributed by atoms with Crippen molar-refractivity contribution < 1.29 is 67.4 Å². The highest BCUT2D eigenvalue weighted by Crippen LogP contribution is 2.27. The second kappa shape index (κ2) is 36.9. The van der Waals surface area contributed by atoms with E-state index in [4.69, 9.17) is 16.3 Å². The Kier molecular flexibility index (Phi) is 30.7. The maximum Gasteiger partial charge on any atom is 0.250 e. The van der Waals surface area contributed by atoms with E-state index in [-0.39, 0.29) is 50.5 Å². The van der Waals surface area contributed by atoms with Gasteiger partial charge in [-0.25, -0.2) is 0 Å². The summed E-state index contributed by atoms with van der Waals surface area (Å²) in [6.07, 6.45) is 0.471. The van der Waals surface area contributed by atoms with Crippen LogP contribution in [0.1, 0.15) is 153 Å². The third kappa shape index (κ3) is 22.4. The summed E-state index contributed by atoms with van der Waals surface area (Å²) in [5.74, 6) is -10.5. The molecule has 5 rings (SSSR count). The molecule has 26 nitrogen and oxygen atoms in total. The Morgan fingerprint density at radius 2 is 1.14 bits per heavy atom. The third-order valence-corrected chi connectivity index (χ3v) is 19.8. The molecule has 0 unspecified atom stereocenters. The van der Waals surface area contributed by atoms with Crippen LogP contribution in [0.2, 0.25) is 5.02 Å². The van der Waals surface area contributed by atoms with Gasteiger partial charge in [0.05, 0.1) is 31.3 Å². The number of halogens is 1. The van der Waals surface area contributed by atoms with Crippen LogP contribution < -0.4 is 21.3 Å². The van der Waals surface area contributed by atoms with Gasteiger partial charge >= 0.3 is 0 Å². The van der Waals surface area contributed by atoms with Gasteiger partial charge in [0.2, 0.25) is 65.0 Å². The van der Waals surface area contributed by atoms with E-state index in [9.17, 15) is 29.1 Å². The number of piperidine rings is 1. The fraction of sp³-hybridized carbons (Fsp3) is 0.676. The average Bonchev–Trinajstić information content (AvgIpc) is 1.58. The lowest BCUT2D eigenvalue weighted by molar-refractivity contribution is -0.153. The van der Waals surface area contributed by atoms with Gasteiger partial charge in [0.15, 0.2) is 0 Å². The summed E-state index contributed by atoms with van der Waals surface area (Å²) in [5, 5.41) is 23.1. The molecule has 2 aromatic rings. The fourth-order valence-corrected chi connectivity index (χ4v) is 13.5. The van der Waals surface area contributed by atoms with Gasteiger partial charge in [-0.1, -0.05) is 109 Å². The van der Waals surface area contributed by atoms with Gasteiger partial charge in [-0.05, 0) is 126 Å². The molecule has 3 aliphatic rings. The van der Waals surface area contributed by atoms with Crippen LogP contribution in [0.15, 0.2) is 54.6 Å². The van der Waals surface area contributed by atoms with Crippen molar-refractivity contribution in [3.05, 3.63) is 70.7 Å². The van der Waals surface area contributed by atoms with Crippen LogP contribution >= 0.6 is 11.6 Å². The van der Waals surface area contributed by atoms with Crippen LogP contribution in [-0.4, -0.2) is 262 Å². The molecular formula is C74H115ClN12O14. The smallest absolute Gasteiger partial charge is 0.250 e. The van der Waals surface area contributed by atoms with E-state index in [0.717, 1.165) is 21.1 Å². The molecule has 562 valence electrons. The molecule has 101 heavy (non-hydrogen) atoms. The largest absolute Gasteiger partial charge is 0.390 e. The van der Waals surface area contributed by atoms with Crippen molar-refractivity contribution in [3.8, 4) is 0 Å². The Balaban J connectivity index is 1.71. The van der Waals surface area contributed by atoms with Crippen LogP contribution in [0.3, 0.4) is 0 Å². The van der Waals surface area contributed by atoms with Crippen molar-refractivity contribution in [1.29, 1.82) is 0 Å². The molecule has 3 fully saturated rings. The summed E-state index contributed by atoms with van der Waals surface area (Å²) in [7, 11) is 8.30. The Hall–Kier alpha value is -7.71. The molecule has 3 heterocycles. The summed E-state index contributed by atoms with van der Waals surface area (Å²) in [6, 6.07) is 3.52. The number of carbonyl (C=O) groups excluding carboxylic acids is 12. The van der Waals surface area contributed by atoms with Crippen molar-refractivity contribution in [1.82, 2.24) is 60.5 Å². The lowest BCUT2D eigenvalue weighted by Crippen LogP contribution is -2.67. The van der Waals surface area contributed by atoms with Gasteiger partial charge in [-0.2, -0.15) is 0 Å². The second-order valence-electron chi connectivity index (χ2n) is 30.5. The summed E-state index contributed by atoms with van der Waals surface area (Å²) in [4.78, 5) is 191. The highest BCUT2D eigenvalue weighted by atomic mass is 35.5. The number of nitrogens with one attached hydrogen (secondary N) is 4. The minimum Gasteiger partial charge on any atom is -0.390 e. The van der Waals surface area contributed by atoms with Crippen molar-refractivity contribution in [3.63, 3.8) is 0 Å².